The Kier molecular flexibility index (Phi) is 5.96. The number of hydrogen-bond acceptors (Lipinski definition) is 8. The lowest BCUT2D eigenvalue weighted by atomic mass is 9.98. The van der Waals surface area contributed by atoms with Crippen LogP contribution in [0.25, 0.3) is 17.0 Å². The summed E-state index contributed by atoms with van der Waals surface area (Å²) in [5.74, 6) is 0.136. The molecule has 0 N–H and O–H groups in total. The first-order chi connectivity index (χ1) is 16.4. The van der Waals surface area contributed by atoms with Crippen molar-refractivity contribution in [2.24, 2.45) is 0 Å². The molecule has 0 radical (unpaired) electrons. The van der Waals surface area contributed by atoms with E-state index in [0.717, 1.165) is 10.2 Å². The molecular formula is C22H20BrN5O5S. The predicted molar refractivity (Wildman–Crippen MR) is 125 cm³/mol. The van der Waals surface area contributed by atoms with Gasteiger partial charge in [-0.25, -0.2) is 18.2 Å². The molecule has 0 spiro atoms. The Balaban J connectivity index is 1.34. The zero-order valence-corrected chi connectivity index (χ0v) is 20.5. The van der Waals surface area contributed by atoms with Crippen LogP contribution in [-0.2, 0) is 14.8 Å². The number of piperidine rings is 1. The summed E-state index contributed by atoms with van der Waals surface area (Å²) < 4.78 is 40.8. The van der Waals surface area contributed by atoms with Gasteiger partial charge in [0.2, 0.25) is 21.7 Å². The van der Waals surface area contributed by atoms with E-state index in [1.807, 2.05) is 22.7 Å². The molecule has 0 saturated carbocycles. The highest BCUT2D eigenvalue weighted by Gasteiger charge is 2.34. The molecule has 0 aliphatic carbocycles. The number of sulfonamides is 1. The van der Waals surface area contributed by atoms with Crippen molar-refractivity contribution in [1.29, 1.82) is 0 Å². The van der Waals surface area contributed by atoms with Gasteiger partial charge in [0.05, 0.1) is 29.3 Å². The second-order valence-corrected chi connectivity index (χ2v) is 10.5. The van der Waals surface area contributed by atoms with E-state index in [9.17, 15) is 13.2 Å². The number of fused-ring (bicyclic) bond motifs is 1. The van der Waals surface area contributed by atoms with Crippen LogP contribution in [0.3, 0.4) is 0 Å². The predicted octanol–water partition coefficient (Wildman–Crippen LogP) is 3.50. The van der Waals surface area contributed by atoms with Gasteiger partial charge in [-0.2, -0.15) is 9.29 Å². The van der Waals surface area contributed by atoms with Crippen LogP contribution in [0.4, 0.5) is 0 Å². The number of rotatable bonds is 5. The van der Waals surface area contributed by atoms with E-state index in [1.54, 1.807) is 18.3 Å². The first-order valence-corrected chi connectivity index (χ1v) is 12.8. The Bertz CT molecular complexity index is 1470. The van der Waals surface area contributed by atoms with Crippen LogP contribution in [0.2, 0.25) is 0 Å². The first kappa shape index (κ1) is 22.7. The molecule has 1 saturated heterocycles. The van der Waals surface area contributed by atoms with Crippen LogP contribution in [-0.4, -0.2) is 58.4 Å². The molecule has 12 heteroatoms. The number of ether oxygens (including phenoxy) is 1. The molecule has 1 aromatic carbocycles. The summed E-state index contributed by atoms with van der Waals surface area (Å²) in [6.07, 6.45) is 4.61. The third-order valence-electron chi connectivity index (χ3n) is 5.89. The van der Waals surface area contributed by atoms with Crippen LogP contribution in [0.15, 0.2) is 62.8 Å². The van der Waals surface area contributed by atoms with Gasteiger partial charge in [0, 0.05) is 25.2 Å². The Morgan fingerprint density at radius 1 is 1.18 bits per heavy atom. The third-order valence-corrected chi connectivity index (χ3v) is 8.43. The number of esters is 1. The summed E-state index contributed by atoms with van der Waals surface area (Å²) in [7, 11) is -2.64. The highest BCUT2D eigenvalue weighted by atomic mass is 79.9. The number of hydrogen-bond donors (Lipinski definition) is 0. The molecule has 4 heterocycles. The molecule has 1 fully saturated rings. The maximum absolute atomic E-state index is 13.2. The summed E-state index contributed by atoms with van der Waals surface area (Å²) in [6.45, 7) is 0.534. The number of halogens is 1. The zero-order chi connectivity index (χ0) is 23.9. The number of methoxy groups -OCH3 is 1. The van der Waals surface area contributed by atoms with Crippen molar-refractivity contribution in [3.05, 3.63) is 64.8 Å². The van der Waals surface area contributed by atoms with E-state index >= 15 is 0 Å². The summed E-state index contributed by atoms with van der Waals surface area (Å²) in [4.78, 5) is 21.0. The molecule has 0 unspecified atom stereocenters. The SMILES string of the molecule is COC(=O)c1ccccc1S(=O)(=O)N1CCC(c2nc(-c3cccn4c(Br)cnc34)no2)CC1. The molecule has 0 bridgehead atoms. The minimum Gasteiger partial charge on any atom is -0.465 e. The van der Waals surface area contributed by atoms with Crippen molar-refractivity contribution in [3.8, 4) is 11.4 Å². The topological polar surface area (TPSA) is 120 Å². The molecule has 1 aliphatic heterocycles. The van der Waals surface area contributed by atoms with Gasteiger partial charge in [0.25, 0.3) is 0 Å². The second-order valence-electron chi connectivity index (χ2n) is 7.82. The van der Waals surface area contributed by atoms with E-state index in [2.05, 4.69) is 31.1 Å². The number of imidazole rings is 1. The molecule has 1 aliphatic rings. The number of pyridine rings is 1. The minimum absolute atomic E-state index is 0.0217. The molecule has 176 valence electrons. The molecule has 4 aromatic rings. The molecule has 0 atom stereocenters. The summed E-state index contributed by atoms with van der Waals surface area (Å²) >= 11 is 3.45. The van der Waals surface area contributed by atoms with Crippen LogP contribution in [0, 0.1) is 0 Å². The zero-order valence-electron chi connectivity index (χ0n) is 18.1. The molecule has 10 nitrogen and oxygen atoms in total. The third kappa shape index (κ3) is 3.91. The fourth-order valence-electron chi connectivity index (χ4n) is 4.12. The van der Waals surface area contributed by atoms with Crippen molar-refractivity contribution in [2.75, 3.05) is 20.2 Å². The normalized spacial score (nSPS) is 15.6. The highest BCUT2D eigenvalue weighted by molar-refractivity contribution is 9.10. The fourth-order valence-corrected chi connectivity index (χ4v) is 6.16. The van der Waals surface area contributed by atoms with Gasteiger partial charge < -0.3 is 9.26 Å². The van der Waals surface area contributed by atoms with E-state index in [0.29, 0.717) is 30.2 Å². The van der Waals surface area contributed by atoms with Gasteiger partial charge in [0.15, 0.2) is 0 Å². The maximum Gasteiger partial charge on any atom is 0.339 e. The monoisotopic (exact) mass is 545 g/mol. The lowest BCUT2D eigenvalue weighted by Gasteiger charge is -2.30. The minimum atomic E-state index is -3.86. The lowest BCUT2D eigenvalue weighted by Crippen LogP contribution is -2.38. The van der Waals surface area contributed by atoms with Crippen molar-refractivity contribution >= 4 is 37.6 Å². The standard InChI is InChI=1S/C22H20BrN5O5S/c1-32-22(29)15-5-2-3-7-17(15)34(30,31)27-11-8-14(9-12-27)21-25-19(26-33-21)16-6-4-10-28-18(23)13-24-20(16)28/h2-7,10,13-14H,8-9,11-12H2,1H3. The van der Waals surface area contributed by atoms with E-state index in [-0.39, 0.29) is 29.5 Å². The van der Waals surface area contributed by atoms with Gasteiger partial charge in [0.1, 0.15) is 10.3 Å². The van der Waals surface area contributed by atoms with Crippen molar-refractivity contribution in [3.63, 3.8) is 0 Å². The van der Waals surface area contributed by atoms with E-state index in [1.165, 1.54) is 23.5 Å². The highest BCUT2D eigenvalue weighted by Crippen LogP contribution is 2.32. The summed E-state index contributed by atoms with van der Waals surface area (Å²) in [5.41, 5.74) is 1.46. The number of nitrogens with zero attached hydrogens (tertiary/aromatic N) is 5. The molecule has 34 heavy (non-hydrogen) atoms. The smallest absolute Gasteiger partial charge is 0.339 e. The quantitative estimate of drug-likeness (QED) is 0.349. The second kappa shape index (κ2) is 8.93. The number of aromatic nitrogens is 4. The lowest BCUT2D eigenvalue weighted by molar-refractivity contribution is 0.0596. The first-order valence-electron chi connectivity index (χ1n) is 10.5. The number of carbonyl (C=O) groups is 1. The van der Waals surface area contributed by atoms with Gasteiger partial charge in [-0.15, -0.1) is 0 Å². The maximum atomic E-state index is 13.2. The van der Waals surface area contributed by atoms with Crippen LogP contribution in [0.1, 0.15) is 35.0 Å². The van der Waals surface area contributed by atoms with Gasteiger partial charge in [-0.05, 0) is 53.0 Å². The fraction of sp³-hybridized carbons (Fsp3) is 0.273. The number of benzene rings is 1. The van der Waals surface area contributed by atoms with Gasteiger partial charge in [-0.3, -0.25) is 4.40 Å². The van der Waals surface area contributed by atoms with Crippen LogP contribution < -0.4 is 0 Å². The molecule has 0 amide bonds. The Morgan fingerprint density at radius 3 is 2.71 bits per heavy atom. The Morgan fingerprint density at radius 2 is 1.94 bits per heavy atom. The van der Waals surface area contributed by atoms with E-state index in [4.69, 9.17) is 9.26 Å². The molecule has 3 aromatic heterocycles. The molecular weight excluding hydrogens is 526 g/mol. The average molecular weight is 546 g/mol. The largest absolute Gasteiger partial charge is 0.465 e. The summed E-state index contributed by atoms with van der Waals surface area (Å²) in [6, 6.07) is 9.81. The average Bonchev–Trinajstić information content (AvgIpc) is 3.51. The Hall–Kier alpha value is -3.09. The Labute approximate surface area is 203 Å². The van der Waals surface area contributed by atoms with E-state index < -0.39 is 16.0 Å². The van der Waals surface area contributed by atoms with Gasteiger partial charge in [-0.1, -0.05) is 17.3 Å². The van der Waals surface area contributed by atoms with Crippen molar-refractivity contribution in [1.82, 2.24) is 23.8 Å². The summed E-state index contributed by atoms with van der Waals surface area (Å²) in [5, 5.41) is 4.14. The van der Waals surface area contributed by atoms with Crippen molar-refractivity contribution < 1.29 is 22.5 Å². The number of carbonyl (C=O) groups excluding carboxylic acids is 1. The molecule has 5 rings (SSSR count). The van der Waals surface area contributed by atoms with Gasteiger partial charge >= 0.3 is 5.97 Å². The van der Waals surface area contributed by atoms with Crippen LogP contribution in [0.5, 0.6) is 0 Å². The van der Waals surface area contributed by atoms with Crippen molar-refractivity contribution in [2.45, 2.75) is 23.7 Å². The van der Waals surface area contributed by atoms with Crippen LogP contribution >= 0.6 is 15.9 Å².